The van der Waals surface area contributed by atoms with Crippen molar-refractivity contribution in [2.75, 3.05) is 0 Å². The summed E-state index contributed by atoms with van der Waals surface area (Å²) in [6, 6.07) is 50.9. The van der Waals surface area contributed by atoms with Gasteiger partial charge in [-0.1, -0.05) is 90.5 Å². The van der Waals surface area contributed by atoms with Gasteiger partial charge in [-0.05, 0) is 83.4 Å². The number of benzene rings is 7. The summed E-state index contributed by atoms with van der Waals surface area (Å²) in [7, 11) is 0. The number of furan rings is 2. The average Bonchev–Trinajstić information content (AvgIpc) is 3.77. The van der Waals surface area contributed by atoms with Crippen LogP contribution in [0.2, 0.25) is 5.02 Å². The Morgan fingerprint density at radius 3 is 2.11 bits per heavy atom. The number of halogens is 1. The Balaban J connectivity index is 1.12. The second-order valence-electron chi connectivity index (χ2n) is 11.8. The van der Waals surface area contributed by atoms with E-state index in [4.69, 9.17) is 20.4 Å². The Labute approximate surface area is 268 Å². The van der Waals surface area contributed by atoms with E-state index in [1.54, 1.807) is 0 Å². The Kier molecular flexibility index (Phi) is 5.34. The van der Waals surface area contributed by atoms with Crippen molar-refractivity contribution in [2.45, 2.75) is 0 Å². The molecular weight excluding hydrogens is 586 g/mol. The quantitative estimate of drug-likeness (QED) is 0.199. The molecule has 0 saturated carbocycles. The topological polar surface area (TPSA) is 31.2 Å². The van der Waals surface area contributed by atoms with Crippen LogP contribution in [0, 0.1) is 0 Å². The van der Waals surface area contributed by atoms with E-state index in [2.05, 4.69) is 126 Å². The summed E-state index contributed by atoms with van der Waals surface area (Å²) in [4.78, 5) is 0. The van der Waals surface area contributed by atoms with Crippen LogP contribution in [0.4, 0.5) is 0 Å². The molecular formula is C42H24ClNO2. The van der Waals surface area contributed by atoms with Crippen molar-refractivity contribution < 1.29 is 8.83 Å². The van der Waals surface area contributed by atoms with Crippen molar-refractivity contribution in [3.63, 3.8) is 0 Å². The molecule has 216 valence electrons. The van der Waals surface area contributed by atoms with Crippen LogP contribution in [0.15, 0.2) is 154 Å². The maximum Gasteiger partial charge on any atom is 0.143 e. The molecule has 46 heavy (non-hydrogen) atoms. The number of rotatable bonds is 3. The number of nitrogens with zero attached hydrogens (tertiary/aromatic N) is 1. The third kappa shape index (κ3) is 3.67. The van der Waals surface area contributed by atoms with Gasteiger partial charge in [-0.3, -0.25) is 0 Å². The molecule has 0 spiro atoms. The molecule has 0 aliphatic carbocycles. The zero-order valence-electron chi connectivity index (χ0n) is 24.5. The van der Waals surface area contributed by atoms with Crippen LogP contribution in [0.25, 0.3) is 93.6 Å². The van der Waals surface area contributed by atoms with E-state index in [1.165, 1.54) is 21.8 Å². The molecule has 0 saturated heterocycles. The normalized spacial score (nSPS) is 12.0. The lowest BCUT2D eigenvalue weighted by Crippen LogP contribution is -1.92. The van der Waals surface area contributed by atoms with Gasteiger partial charge in [0.05, 0.1) is 16.1 Å². The Morgan fingerprint density at radius 1 is 0.435 bits per heavy atom. The zero-order valence-corrected chi connectivity index (χ0v) is 25.3. The van der Waals surface area contributed by atoms with E-state index in [-0.39, 0.29) is 0 Å². The third-order valence-corrected chi connectivity index (χ3v) is 9.59. The minimum atomic E-state index is 0.686. The fourth-order valence-corrected chi connectivity index (χ4v) is 7.43. The second kappa shape index (κ2) is 9.61. The van der Waals surface area contributed by atoms with Gasteiger partial charge < -0.3 is 13.4 Å². The number of hydrogen-bond donors (Lipinski definition) is 0. The highest BCUT2D eigenvalue weighted by Gasteiger charge is 2.17. The van der Waals surface area contributed by atoms with Crippen molar-refractivity contribution in [3.05, 3.63) is 151 Å². The maximum atomic E-state index is 6.67. The van der Waals surface area contributed by atoms with Crippen LogP contribution >= 0.6 is 11.6 Å². The summed E-state index contributed by atoms with van der Waals surface area (Å²) in [5, 5.41) is 7.28. The van der Waals surface area contributed by atoms with Crippen molar-refractivity contribution in [1.82, 2.24) is 4.57 Å². The predicted molar refractivity (Wildman–Crippen MR) is 191 cm³/mol. The standard InChI is InChI=1S/C42H24ClNO2/c43-35-13-7-15-39-41(35)34-23-27(18-21-38(34)45-39)29-11-6-12-32-31-19-16-26(24-40(31)46-42(29)32)25-17-20-37-33(22-25)30-10-4-5-14-36(30)44(37)28-8-2-1-3-9-28/h1-24H. The average molecular weight is 610 g/mol. The summed E-state index contributed by atoms with van der Waals surface area (Å²) in [6.45, 7) is 0. The fraction of sp³-hybridized carbons (Fsp3) is 0. The molecule has 0 aliphatic rings. The van der Waals surface area contributed by atoms with Crippen LogP contribution in [0.3, 0.4) is 0 Å². The molecule has 10 aromatic rings. The van der Waals surface area contributed by atoms with Crippen LogP contribution in [0.1, 0.15) is 0 Å². The highest BCUT2D eigenvalue weighted by atomic mass is 35.5. The zero-order chi connectivity index (χ0) is 30.4. The van der Waals surface area contributed by atoms with E-state index < -0.39 is 0 Å². The molecule has 0 atom stereocenters. The molecule has 7 aromatic carbocycles. The Hall–Kier alpha value is -5.77. The number of hydrogen-bond acceptors (Lipinski definition) is 2. The minimum absolute atomic E-state index is 0.686. The van der Waals surface area contributed by atoms with Gasteiger partial charge in [0.2, 0.25) is 0 Å². The molecule has 10 rings (SSSR count). The fourth-order valence-electron chi connectivity index (χ4n) is 7.16. The van der Waals surface area contributed by atoms with Gasteiger partial charge in [0.1, 0.15) is 22.3 Å². The molecule has 4 heteroatoms. The third-order valence-electron chi connectivity index (χ3n) is 9.27. The maximum absolute atomic E-state index is 6.67. The highest BCUT2D eigenvalue weighted by molar-refractivity contribution is 6.37. The molecule has 0 bridgehead atoms. The summed E-state index contributed by atoms with van der Waals surface area (Å²) < 4.78 is 15.1. The number of para-hydroxylation sites is 3. The molecule has 0 fully saturated rings. The summed E-state index contributed by atoms with van der Waals surface area (Å²) in [5.74, 6) is 0. The molecule has 3 heterocycles. The van der Waals surface area contributed by atoms with E-state index in [9.17, 15) is 0 Å². The van der Waals surface area contributed by atoms with E-state index in [0.29, 0.717) is 5.02 Å². The smallest absolute Gasteiger partial charge is 0.143 e. The summed E-state index contributed by atoms with van der Waals surface area (Å²) in [6.07, 6.45) is 0. The number of fused-ring (bicyclic) bond motifs is 9. The predicted octanol–water partition coefficient (Wildman–Crippen LogP) is 12.6. The lowest BCUT2D eigenvalue weighted by Gasteiger charge is -2.08. The van der Waals surface area contributed by atoms with Gasteiger partial charge in [0.25, 0.3) is 0 Å². The summed E-state index contributed by atoms with van der Waals surface area (Å²) >= 11 is 6.60. The van der Waals surface area contributed by atoms with Crippen molar-refractivity contribution in [2.24, 2.45) is 0 Å². The Bertz CT molecular complexity index is 2820. The van der Waals surface area contributed by atoms with Gasteiger partial charge in [0.15, 0.2) is 0 Å². The lowest BCUT2D eigenvalue weighted by atomic mass is 9.99. The van der Waals surface area contributed by atoms with Gasteiger partial charge in [0, 0.05) is 43.6 Å². The first kappa shape index (κ1) is 25.5. The molecule has 3 aromatic heterocycles. The van der Waals surface area contributed by atoms with E-state index in [0.717, 1.165) is 71.8 Å². The molecule has 3 nitrogen and oxygen atoms in total. The number of aromatic nitrogens is 1. The largest absolute Gasteiger partial charge is 0.456 e. The van der Waals surface area contributed by atoms with Crippen LogP contribution in [-0.2, 0) is 0 Å². The minimum Gasteiger partial charge on any atom is -0.456 e. The van der Waals surface area contributed by atoms with Crippen LogP contribution in [0.5, 0.6) is 0 Å². The highest BCUT2D eigenvalue weighted by Crippen LogP contribution is 2.41. The molecule has 0 radical (unpaired) electrons. The van der Waals surface area contributed by atoms with Crippen molar-refractivity contribution >= 4 is 77.3 Å². The Morgan fingerprint density at radius 2 is 1.17 bits per heavy atom. The van der Waals surface area contributed by atoms with E-state index >= 15 is 0 Å². The monoisotopic (exact) mass is 609 g/mol. The van der Waals surface area contributed by atoms with Crippen molar-refractivity contribution in [3.8, 4) is 27.9 Å². The van der Waals surface area contributed by atoms with Crippen LogP contribution < -0.4 is 0 Å². The van der Waals surface area contributed by atoms with Crippen LogP contribution in [-0.4, -0.2) is 4.57 Å². The first-order valence-corrected chi connectivity index (χ1v) is 15.7. The first-order valence-electron chi connectivity index (χ1n) is 15.4. The SMILES string of the molecule is Clc1cccc2oc3ccc(-c4cccc5c4oc4cc(-c6ccc7c(c6)c6ccccc6n7-c6ccccc6)ccc45)cc3c12. The second-order valence-corrected chi connectivity index (χ2v) is 12.2. The summed E-state index contributed by atoms with van der Waals surface area (Å²) in [5.41, 5.74) is 11.2. The van der Waals surface area contributed by atoms with Gasteiger partial charge in [-0.2, -0.15) is 0 Å². The molecule has 0 amide bonds. The van der Waals surface area contributed by atoms with Crippen molar-refractivity contribution in [1.29, 1.82) is 0 Å². The first-order chi connectivity index (χ1) is 22.7. The van der Waals surface area contributed by atoms with Gasteiger partial charge in [-0.25, -0.2) is 0 Å². The molecule has 0 aliphatic heterocycles. The lowest BCUT2D eigenvalue weighted by molar-refractivity contribution is 0.668. The molecule has 0 unspecified atom stereocenters. The molecule has 0 N–H and O–H groups in total. The van der Waals surface area contributed by atoms with E-state index in [1.807, 2.05) is 24.3 Å². The van der Waals surface area contributed by atoms with Gasteiger partial charge >= 0.3 is 0 Å². The van der Waals surface area contributed by atoms with Gasteiger partial charge in [-0.15, -0.1) is 0 Å².